The Hall–Kier alpha value is -2.14. The summed E-state index contributed by atoms with van der Waals surface area (Å²) in [7, 11) is 0. The van der Waals surface area contributed by atoms with Crippen molar-refractivity contribution in [3.63, 3.8) is 0 Å². The van der Waals surface area contributed by atoms with Crippen molar-refractivity contribution in [1.82, 2.24) is 15.1 Å². The quantitative estimate of drug-likeness (QED) is 0.737. The van der Waals surface area contributed by atoms with Crippen LogP contribution in [0.4, 0.5) is 0 Å². The first-order chi connectivity index (χ1) is 9.75. The van der Waals surface area contributed by atoms with E-state index in [1.165, 1.54) is 0 Å². The summed E-state index contributed by atoms with van der Waals surface area (Å²) in [6.07, 6.45) is 5.05. The Morgan fingerprint density at radius 1 is 1.30 bits per heavy atom. The Morgan fingerprint density at radius 2 is 2.10 bits per heavy atom. The molecule has 1 amide bonds. The van der Waals surface area contributed by atoms with Gasteiger partial charge in [0.1, 0.15) is 0 Å². The minimum atomic E-state index is -0.498. The zero-order valence-electron chi connectivity index (χ0n) is 11.4. The Morgan fingerprint density at radius 3 is 2.80 bits per heavy atom. The average molecular weight is 272 g/mol. The summed E-state index contributed by atoms with van der Waals surface area (Å²) < 4.78 is 1.84. The molecule has 0 aliphatic rings. The van der Waals surface area contributed by atoms with Gasteiger partial charge in [-0.2, -0.15) is 5.10 Å². The Bertz CT molecular complexity index is 510. The van der Waals surface area contributed by atoms with Gasteiger partial charge in [-0.05, 0) is 24.5 Å². The SMILES string of the molecule is NC(Cc1ccccc1)C(=O)NCCCn1cccn1. The summed E-state index contributed by atoms with van der Waals surface area (Å²) in [4.78, 5) is 11.9. The maximum absolute atomic E-state index is 11.9. The molecule has 0 aliphatic carbocycles. The molecule has 2 rings (SSSR count). The number of amides is 1. The molecule has 0 saturated carbocycles. The van der Waals surface area contributed by atoms with Gasteiger partial charge >= 0.3 is 0 Å². The number of aryl methyl sites for hydroxylation is 1. The maximum Gasteiger partial charge on any atom is 0.237 e. The zero-order valence-corrected chi connectivity index (χ0v) is 11.4. The average Bonchev–Trinajstić information content (AvgIpc) is 2.97. The first-order valence-corrected chi connectivity index (χ1v) is 6.80. The molecule has 2 aromatic rings. The predicted octanol–water partition coefficient (Wildman–Crippen LogP) is 0.959. The molecule has 1 aromatic carbocycles. The molecule has 0 radical (unpaired) electrons. The standard InChI is InChI=1S/C15H20N4O/c16-14(12-13-6-2-1-3-7-13)15(20)17-8-4-10-19-11-5-9-18-19/h1-3,5-7,9,11,14H,4,8,10,12,16H2,(H,17,20). The molecule has 3 N–H and O–H groups in total. The van der Waals surface area contributed by atoms with Crippen LogP contribution in [0.15, 0.2) is 48.8 Å². The van der Waals surface area contributed by atoms with Crippen LogP contribution in [0.25, 0.3) is 0 Å². The number of nitrogens with zero attached hydrogens (tertiary/aromatic N) is 2. The second-order valence-corrected chi connectivity index (χ2v) is 4.71. The normalized spacial score (nSPS) is 12.1. The highest BCUT2D eigenvalue weighted by molar-refractivity contribution is 5.81. The minimum Gasteiger partial charge on any atom is -0.355 e. The van der Waals surface area contributed by atoms with E-state index in [1.807, 2.05) is 47.3 Å². The predicted molar refractivity (Wildman–Crippen MR) is 78.0 cm³/mol. The fraction of sp³-hybridized carbons (Fsp3) is 0.333. The van der Waals surface area contributed by atoms with Crippen LogP contribution in [0.5, 0.6) is 0 Å². The van der Waals surface area contributed by atoms with Crippen molar-refractivity contribution in [3.8, 4) is 0 Å². The molecule has 0 saturated heterocycles. The molecule has 0 fully saturated rings. The number of rotatable bonds is 7. The van der Waals surface area contributed by atoms with Gasteiger partial charge in [0.2, 0.25) is 5.91 Å². The van der Waals surface area contributed by atoms with E-state index in [9.17, 15) is 4.79 Å². The lowest BCUT2D eigenvalue weighted by atomic mass is 10.1. The molecule has 106 valence electrons. The number of carbonyl (C=O) groups excluding carboxylic acids is 1. The van der Waals surface area contributed by atoms with Crippen molar-refractivity contribution < 1.29 is 4.79 Å². The third kappa shape index (κ3) is 4.51. The number of hydrogen-bond donors (Lipinski definition) is 2. The van der Waals surface area contributed by atoms with E-state index in [1.54, 1.807) is 6.20 Å². The number of nitrogens with one attached hydrogen (secondary N) is 1. The molecule has 1 aromatic heterocycles. The molecule has 0 aliphatic heterocycles. The molecule has 1 unspecified atom stereocenters. The summed E-state index contributed by atoms with van der Waals surface area (Å²) in [6, 6.07) is 11.2. The summed E-state index contributed by atoms with van der Waals surface area (Å²) in [5.41, 5.74) is 6.97. The number of nitrogens with two attached hydrogens (primary N) is 1. The summed E-state index contributed by atoms with van der Waals surface area (Å²) in [5, 5.41) is 6.96. The van der Waals surface area contributed by atoms with Crippen molar-refractivity contribution >= 4 is 5.91 Å². The number of carbonyl (C=O) groups is 1. The third-order valence-corrected chi connectivity index (χ3v) is 3.06. The maximum atomic E-state index is 11.9. The van der Waals surface area contributed by atoms with E-state index in [-0.39, 0.29) is 5.91 Å². The van der Waals surface area contributed by atoms with Crippen molar-refractivity contribution in [2.75, 3.05) is 6.54 Å². The van der Waals surface area contributed by atoms with Crippen LogP contribution in [-0.2, 0) is 17.8 Å². The zero-order chi connectivity index (χ0) is 14.2. The smallest absolute Gasteiger partial charge is 0.237 e. The lowest BCUT2D eigenvalue weighted by Gasteiger charge is -2.12. The van der Waals surface area contributed by atoms with E-state index in [2.05, 4.69) is 10.4 Å². The van der Waals surface area contributed by atoms with E-state index < -0.39 is 6.04 Å². The van der Waals surface area contributed by atoms with Gasteiger partial charge in [0, 0.05) is 25.5 Å². The lowest BCUT2D eigenvalue weighted by Crippen LogP contribution is -2.42. The topological polar surface area (TPSA) is 72.9 Å². The van der Waals surface area contributed by atoms with Gasteiger partial charge < -0.3 is 11.1 Å². The largest absolute Gasteiger partial charge is 0.355 e. The van der Waals surface area contributed by atoms with Gasteiger partial charge in [0.05, 0.1) is 6.04 Å². The van der Waals surface area contributed by atoms with Crippen molar-refractivity contribution in [2.24, 2.45) is 5.73 Å². The highest BCUT2D eigenvalue weighted by Gasteiger charge is 2.12. The summed E-state index contributed by atoms with van der Waals surface area (Å²) in [6.45, 7) is 1.41. The Kier molecular flexibility index (Phi) is 5.32. The number of aromatic nitrogens is 2. The second kappa shape index (κ2) is 7.45. The molecule has 1 atom stereocenters. The van der Waals surface area contributed by atoms with E-state index in [0.717, 1.165) is 18.5 Å². The van der Waals surface area contributed by atoms with E-state index >= 15 is 0 Å². The van der Waals surface area contributed by atoms with Crippen LogP contribution in [0, 0.1) is 0 Å². The van der Waals surface area contributed by atoms with Gasteiger partial charge in [-0.3, -0.25) is 9.48 Å². The summed E-state index contributed by atoms with van der Waals surface area (Å²) >= 11 is 0. The molecule has 5 heteroatoms. The van der Waals surface area contributed by atoms with Gasteiger partial charge in [-0.15, -0.1) is 0 Å². The van der Waals surface area contributed by atoms with E-state index in [4.69, 9.17) is 5.73 Å². The highest BCUT2D eigenvalue weighted by atomic mass is 16.2. The second-order valence-electron chi connectivity index (χ2n) is 4.71. The first-order valence-electron chi connectivity index (χ1n) is 6.80. The molecular weight excluding hydrogens is 252 g/mol. The number of hydrogen-bond acceptors (Lipinski definition) is 3. The van der Waals surface area contributed by atoms with Crippen molar-refractivity contribution in [1.29, 1.82) is 0 Å². The Labute approximate surface area is 118 Å². The fourth-order valence-corrected chi connectivity index (χ4v) is 1.98. The molecule has 0 spiro atoms. The minimum absolute atomic E-state index is 0.102. The van der Waals surface area contributed by atoms with Crippen LogP contribution >= 0.6 is 0 Å². The molecule has 0 bridgehead atoms. The monoisotopic (exact) mass is 272 g/mol. The number of benzene rings is 1. The summed E-state index contributed by atoms with van der Waals surface area (Å²) in [5.74, 6) is -0.102. The molecular formula is C15H20N4O. The molecule has 5 nitrogen and oxygen atoms in total. The van der Waals surface area contributed by atoms with Crippen molar-refractivity contribution in [3.05, 3.63) is 54.4 Å². The van der Waals surface area contributed by atoms with Crippen molar-refractivity contribution in [2.45, 2.75) is 25.4 Å². The van der Waals surface area contributed by atoms with Crippen LogP contribution in [0.2, 0.25) is 0 Å². The molecule has 1 heterocycles. The van der Waals surface area contributed by atoms with Crippen LogP contribution < -0.4 is 11.1 Å². The lowest BCUT2D eigenvalue weighted by molar-refractivity contribution is -0.122. The first kappa shape index (κ1) is 14.3. The fourth-order valence-electron chi connectivity index (χ4n) is 1.98. The highest BCUT2D eigenvalue weighted by Crippen LogP contribution is 2.01. The van der Waals surface area contributed by atoms with Crippen LogP contribution in [-0.4, -0.2) is 28.3 Å². The Balaban J connectivity index is 1.66. The van der Waals surface area contributed by atoms with Gasteiger partial charge in [0.25, 0.3) is 0 Å². The van der Waals surface area contributed by atoms with Crippen LogP contribution in [0.1, 0.15) is 12.0 Å². The third-order valence-electron chi connectivity index (χ3n) is 3.06. The van der Waals surface area contributed by atoms with E-state index in [0.29, 0.717) is 13.0 Å². The molecule has 20 heavy (non-hydrogen) atoms. The van der Waals surface area contributed by atoms with Crippen LogP contribution in [0.3, 0.4) is 0 Å². The van der Waals surface area contributed by atoms with Gasteiger partial charge in [-0.1, -0.05) is 30.3 Å². The van der Waals surface area contributed by atoms with Gasteiger partial charge in [0.15, 0.2) is 0 Å². The van der Waals surface area contributed by atoms with Gasteiger partial charge in [-0.25, -0.2) is 0 Å².